The fraction of sp³-hybridized carbons (Fsp3) is 0.227. The molecule has 1 amide bonds. The van der Waals surface area contributed by atoms with Crippen LogP contribution in [0, 0.1) is 6.92 Å². The molecule has 0 atom stereocenters. The Kier molecular flexibility index (Phi) is 6.21. The number of rotatable bonds is 5. The summed E-state index contributed by atoms with van der Waals surface area (Å²) in [6, 6.07) is 14.8. The Balaban J connectivity index is 1.86. The van der Waals surface area contributed by atoms with Gasteiger partial charge in [0.05, 0.1) is 5.56 Å². The molecule has 28 heavy (non-hydrogen) atoms. The number of fused-ring (bicyclic) bond motifs is 1. The molecule has 0 fully saturated rings. The van der Waals surface area contributed by atoms with E-state index in [1.165, 1.54) is 0 Å². The molecular weight excluding hydrogens is 372 g/mol. The van der Waals surface area contributed by atoms with Crippen LogP contribution in [-0.4, -0.2) is 11.0 Å². The van der Waals surface area contributed by atoms with Gasteiger partial charge in [-0.15, -0.1) is 0 Å². The average molecular weight is 394 g/mol. The summed E-state index contributed by atoms with van der Waals surface area (Å²) in [6.07, 6.45) is 2.21. The summed E-state index contributed by atoms with van der Waals surface area (Å²) in [5.41, 5.74) is 3.01. The van der Waals surface area contributed by atoms with Gasteiger partial charge < -0.3 is 15.1 Å². The van der Waals surface area contributed by atoms with E-state index in [2.05, 4.69) is 10.6 Å². The van der Waals surface area contributed by atoms with Crippen molar-refractivity contribution in [2.75, 3.05) is 5.32 Å². The largest absolute Gasteiger partial charge is 0.422 e. The van der Waals surface area contributed by atoms with Crippen LogP contribution in [0.1, 0.15) is 31.7 Å². The van der Waals surface area contributed by atoms with Crippen LogP contribution < -0.4 is 16.3 Å². The highest BCUT2D eigenvalue weighted by molar-refractivity contribution is 7.80. The Morgan fingerprint density at radius 2 is 1.93 bits per heavy atom. The number of thiocarbonyl (C=S) groups is 1. The average Bonchev–Trinajstić information content (AvgIpc) is 2.67. The Hall–Kier alpha value is -2.99. The number of nitrogens with one attached hydrogen (secondary N) is 2. The van der Waals surface area contributed by atoms with E-state index in [9.17, 15) is 9.59 Å². The van der Waals surface area contributed by atoms with Gasteiger partial charge in [-0.1, -0.05) is 43.7 Å². The number of hydrogen-bond donors (Lipinski definition) is 2. The van der Waals surface area contributed by atoms with Crippen LogP contribution in [0.4, 0.5) is 5.69 Å². The highest BCUT2D eigenvalue weighted by atomic mass is 32.1. The molecule has 0 bridgehead atoms. The van der Waals surface area contributed by atoms with Gasteiger partial charge in [0.1, 0.15) is 5.58 Å². The number of unbranched alkanes of at least 4 members (excludes halogenated alkanes) is 1. The zero-order valence-corrected chi connectivity index (χ0v) is 16.7. The maximum Gasteiger partial charge on any atom is 0.344 e. The van der Waals surface area contributed by atoms with Crippen molar-refractivity contribution >= 4 is 39.9 Å². The minimum absolute atomic E-state index is 0.108. The SMILES string of the molecule is CCCCC(=O)NC(=S)Nc1cc(-c2cc3ccccc3oc2=O)ccc1C. The molecule has 0 aliphatic rings. The van der Waals surface area contributed by atoms with Crippen molar-refractivity contribution in [2.24, 2.45) is 0 Å². The number of amides is 1. The van der Waals surface area contributed by atoms with Crippen LogP contribution in [0.25, 0.3) is 22.1 Å². The van der Waals surface area contributed by atoms with Crippen molar-refractivity contribution in [3.05, 3.63) is 64.5 Å². The van der Waals surface area contributed by atoms with E-state index < -0.39 is 5.63 Å². The molecule has 5 nitrogen and oxygen atoms in total. The third kappa shape index (κ3) is 4.64. The second kappa shape index (κ2) is 8.80. The number of carbonyl (C=O) groups is 1. The summed E-state index contributed by atoms with van der Waals surface area (Å²) < 4.78 is 5.43. The number of hydrogen-bond acceptors (Lipinski definition) is 4. The van der Waals surface area contributed by atoms with Crippen molar-refractivity contribution < 1.29 is 9.21 Å². The van der Waals surface area contributed by atoms with Crippen molar-refractivity contribution in [1.29, 1.82) is 0 Å². The first-order valence-corrected chi connectivity index (χ1v) is 9.63. The fourth-order valence-electron chi connectivity index (χ4n) is 2.87. The predicted molar refractivity (Wildman–Crippen MR) is 117 cm³/mol. The van der Waals surface area contributed by atoms with Gasteiger partial charge in [-0.05, 0) is 54.9 Å². The monoisotopic (exact) mass is 394 g/mol. The third-order valence-corrected chi connectivity index (χ3v) is 4.65. The van der Waals surface area contributed by atoms with Crippen LogP contribution in [0.2, 0.25) is 0 Å². The zero-order chi connectivity index (χ0) is 20.1. The molecule has 144 valence electrons. The molecule has 0 saturated heterocycles. The molecule has 0 aliphatic heterocycles. The van der Waals surface area contributed by atoms with Gasteiger partial charge in [0, 0.05) is 17.5 Å². The molecule has 0 radical (unpaired) electrons. The first kappa shape index (κ1) is 19.8. The topological polar surface area (TPSA) is 71.3 Å². The van der Waals surface area contributed by atoms with Crippen molar-refractivity contribution in [3.8, 4) is 11.1 Å². The van der Waals surface area contributed by atoms with Crippen LogP contribution in [-0.2, 0) is 4.79 Å². The van der Waals surface area contributed by atoms with E-state index in [1.54, 1.807) is 6.07 Å². The smallest absolute Gasteiger partial charge is 0.344 e. The molecule has 0 spiro atoms. The molecule has 2 N–H and O–H groups in total. The third-order valence-electron chi connectivity index (χ3n) is 4.45. The van der Waals surface area contributed by atoms with E-state index in [1.807, 2.05) is 56.3 Å². The lowest BCUT2D eigenvalue weighted by molar-refractivity contribution is -0.119. The van der Waals surface area contributed by atoms with Gasteiger partial charge in [-0.25, -0.2) is 4.79 Å². The lowest BCUT2D eigenvalue weighted by atomic mass is 10.0. The van der Waals surface area contributed by atoms with Crippen LogP contribution >= 0.6 is 12.2 Å². The van der Waals surface area contributed by atoms with Gasteiger partial charge in [-0.3, -0.25) is 4.79 Å². The standard InChI is InChI=1S/C22H22N2O3S/c1-3-4-9-20(25)24-22(28)23-18-13-15(11-10-14(18)2)17-12-16-7-5-6-8-19(16)27-21(17)26/h5-8,10-13H,3-4,9H2,1-2H3,(H2,23,24,25,28). The van der Waals surface area contributed by atoms with Crippen LogP contribution in [0.15, 0.2) is 57.7 Å². The van der Waals surface area contributed by atoms with Crippen molar-refractivity contribution in [3.63, 3.8) is 0 Å². The highest BCUT2D eigenvalue weighted by Crippen LogP contribution is 2.25. The summed E-state index contributed by atoms with van der Waals surface area (Å²) in [5, 5.41) is 6.83. The van der Waals surface area contributed by atoms with Crippen molar-refractivity contribution in [2.45, 2.75) is 33.1 Å². The van der Waals surface area contributed by atoms with Crippen LogP contribution in [0.3, 0.4) is 0 Å². The number of anilines is 1. The van der Waals surface area contributed by atoms with Crippen molar-refractivity contribution in [1.82, 2.24) is 5.32 Å². The first-order valence-electron chi connectivity index (χ1n) is 9.22. The van der Waals surface area contributed by atoms with Gasteiger partial charge in [0.2, 0.25) is 5.91 Å². The molecule has 2 aromatic carbocycles. The van der Waals surface area contributed by atoms with E-state index in [0.717, 1.165) is 29.5 Å². The van der Waals surface area contributed by atoms with Gasteiger partial charge in [0.25, 0.3) is 0 Å². The Morgan fingerprint density at radius 3 is 2.71 bits per heavy atom. The predicted octanol–water partition coefficient (Wildman–Crippen LogP) is 4.77. The second-order valence-electron chi connectivity index (χ2n) is 6.62. The van der Waals surface area contributed by atoms with E-state index in [4.69, 9.17) is 16.6 Å². The second-order valence-corrected chi connectivity index (χ2v) is 7.03. The molecule has 0 aliphatic carbocycles. The Labute approximate surface area is 168 Å². The zero-order valence-electron chi connectivity index (χ0n) is 15.9. The number of aryl methyl sites for hydroxylation is 1. The number of para-hydroxylation sites is 1. The minimum atomic E-state index is -0.399. The molecule has 0 saturated carbocycles. The van der Waals surface area contributed by atoms with E-state index in [0.29, 0.717) is 23.1 Å². The molecule has 3 rings (SSSR count). The number of carbonyl (C=O) groups excluding carboxylic acids is 1. The lowest BCUT2D eigenvalue weighted by Gasteiger charge is -2.13. The molecule has 6 heteroatoms. The molecular formula is C22H22N2O3S. The minimum Gasteiger partial charge on any atom is -0.422 e. The maximum atomic E-state index is 12.4. The summed E-state index contributed by atoms with van der Waals surface area (Å²) in [5.74, 6) is -0.108. The lowest BCUT2D eigenvalue weighted by Crippen LogP contribution is -2.34. The van der Waals surface area contributed by atoms with Crippen LogP contribution in [0.5, 0.6) is 0 Å². The fourth-order valence-corrected chi connectivity index (χ4v) is 3.09. The van der Waals surface area contributed by atoms with Gasteiger partial charge >= 0.3 is 5.63 Å². The summed E-state index contributed by atoms with van der Waals surface area (Å²) in [7, 11) is 0. The Bertz CT molecular complexity index is 1090. The summed E-state index contributed by atoms with van der Waals surface area (Å²) in [4.78, 5) is 24.3. The van der Waals surface area contributed by atoms with E-state index in [-0.39, 0.29) is 11.0 Å². The molecule has 1 aromatic heterocycles. The quantitative estimate of drug-likeness (QED) is 0.482. The van der Waals surface area contributed by atoms with E-state index >= 15 is 0 Å². The summed E-state index contributed by atoms with van der Waals surface area (Å²) >= 11 is 5.25. The maximum absolute atomic E-state index is 12.4. The number of benzene rings is 2. The first-order chi connectivity index (χ1) is 13.5. The Morgan fingerprint density at radius 1 is 1.14 bits per heavy atom. The molecule has 3 aromatic rings. The van der Waals surface area contributed by atoms with Gasteiger partial charge in [-0.2, -0.15) is 0 Å². The molecule has 0 unspecified atom stereocenters. The van der Waals surface area contributed by atoms with Gasteiger partial charge in [0.15, 0.2) is 5.11 Å². The summed E-state index contributed by atoms with van der Waals surface area (Å²) in [6.45, 7) is 3.96. The normalized spacial score (nSPS) is 10.6. The highest BCUT2D eigenvalue weighted by Gasteiger charge is 2.11. The molecule has 1 heterocycles.